The van der Waals surface area contributed by atoms with E-state index in [0.29, 0.717) is 31.4 Å². The molecule has 28 heavy (non-hydrogen) atoms. The molecule has 0 radical (unpaired) electrons. The fraction of sp³-hybridized carbons (Fsp3) is 0.667. The van der Waals surface area contributed by atoms with E-state index in [2.05, 4.69) is 15.6 Å². The first-order valence-corrected chi connectivity index (χ1v) is 10.3. The number of nitrogens with zero attached hydrogens (tertiary/aromatic N) is 1. The standard InChI is InChI=1S/C21H31F2N3O2/c1-2-24-21(25-9-4-10-28-14-15-7-11-27-12-8-15)26-19-13-16(19)20-17(22)5-3-6-18(20)23/h3,5-6,15-16,19H,2,4,7-14H2,1H3,(H2,24,25,26). The maximum Gasteiger partial charge on any atom is 0.191 e. The molecule has 7 heteroatoms. The average Bonchev–Trinajstić information content (AvgIpc) is 3.44. The van der Waals surface area contributed by atoms with Crippen LogP contribution in [-0.2, 0) is 9.47 Å². The summed E-state index contributed by atoms with van der Waals surface area (Å²) in [5.74, 6) is 0.210. The molecule has 1 saturated carbocycles. The van der Waals surface area contributed by atoms with E-state index in [1.165, 1.54) is 18.2 Å². The molecule has 5 nitrogen and oxygen atoms in total. The maximum atomic E-state index is 13.9. The van der Waals surface area contributed by atoms with Crippen molar-refractivity contribution in [3.8, 4) is 0 Å². The molecule has 1 aliphatic carbocycles. The van der Waals surface area contributed by atoms with Crippen LogP contribution in [0.1, 0.15) is 44.1 Å². The van der Waals surface area contributed by atoms with Crippen molar-refractivity contribution in [1.82, 2.24) is 10.6 Å². The Morgan fingerprint density at radius 3 is 2.71 bits per heavy atom. The van der Waals surface area contributed by atoms with Gasteiger partial charge in [-0.1, -0.05) is 6.07 Å². The Hall–Kier alpha value is -1.73. The first-order chi connectivity index (χ1) is 13.7. The Kier molecular flexibility index (Phi) is 8.03. The van der Waals surface area contributed by atoms with Crippen LogP contribution in [0, 0.1) is 17.6 Å². The first kappa shape index (κ1) is 21.0. The molecule has 2 unspecified atom stereocenters. The van der Waals surface area contributed by atoms with Gasteiger partial charge in [-0.2, -0.15) is 0 Å². The number of hydrogen-bond acceptors (Lipinski definition) is 3. The molecule has 2 fully saturated rings. The molecular formula is C21H31F2N3O2. The number of benzene rings is 1. The van der Waals surface area contributed by atoms with Crippen LogP contribution in [0.3, 0.4) is 0 Å². The molecule has 2 atom stereocenters. The molecule has 2 N–H and O–H groups in total. The van der Waals surface area contributed by atoms with Gasteiger partial charge in [0.1, 0.15) is 11.6 Å². The third-order valence-electron chi connectivity index (χ3n) is 5.24. The number of guanidine groups is 1. The summed E-state index contributed by atoms with van der Waals surface area (Å²) in [6, 6.07) is 4.03. The topological polar surface area (TPSA) is 54.9 Å². The van der Waals surface area contributed by atoms with Gasteiger partial charge in [0.05, 0.1) is 0 Å². The second-order valence-electron chi connectivity index (χ2n) is 7.47. The summed E-state index contributed by atoms with van der Waals surface area (Å²) >= 11 is 0. The zero-order chi connectivity index (χ0) is 19.8. The highest BCUT2D eigenvalue weighted by molar-refractivity contribution is 5.80. The zero-order valence-electron chi connectivity index (χ0n) is 16.6. The highest BCUT2D eigenvalue weighted by Crippen LogP contribution is 2.43. The van der Waals surface area contributed by atoms with Crippen molar-refractivity contribution in [2.45, 2.75) is 44.6 Å². The minimum Gasteiger partial charge on any atom is -0.381 e. The highest BCUT2D eigenvalue weighted by atomic mass is 19.1. The zero-order valence-corrected chi connectivity index (χ0v) is 16.6. The van der Waals surface area contributed by atoms with Crippen LogP contribution in [0.5, 0.6) is 0 Å². The van der Waals surface area contributed by atoms with Gasteiger partial charge >= 0.3 is 0 Å². The second-order valence-corrected chi connectivity index (χ2v) is 7.47. The van der Waals surface area contributed by atoms with E-state index in [9.17, 15) is 8.78 Å². The summed E-state index contributed by atoms with van der Waals surface area (Å²) < 4.78 is 39.0. The molecule has 1 aliphatic heterocycles. The van der Waals surface area contributed by atoms with Gasteiger partial charge in [0.2, 0.25) is 0 Å². The fourth-order valence-corrected chi connectivity index (χ4v) is 3.55. The largest absolute Gasteiger partial charge is 0.381 e. The normalized spacial score (nSPS) is 22.9. The van der Waals surface area contributed by atoms with Gasteiger partial charge in [0.25, 0.3) is 0 Å². The van der Waals surface area contributed by atoms with Crippen LogP contribution in [0.4, 0.5) is 8.78 Å². The molecule has 1 saturated heterocycles. The molecule has 156 valence electrons. The predicted octanol–water partition coefficient (Wildman–Crippen LogP) is 3.21. The van der Waals surface area contributed by atoms with Crippen molar-refractivity contribution < 1.29 is 18.3 Å². The first-order valence-electron chi connectivity index (χ1n) is 10.3. The smallest absolute Gasteiger partial charge is 0.191 e. The van der Waals surface area contributed by atoms with E-state index >= 15 is 0 Å². The molecule has 1 heterocycles. The SMILES string of the molecule is CCNC(=NCCCOCC1CCOCC1)NC1CC1c1c(F)cccc1F. The third-order valence-corrected chi connectivity index (χ3v) is 5.24. The van der Waals surface area contributed by atoms with E-state index in [-0.39, 0.29) is 17.5 Å². The van der Waals surface area contributed by atoms with Crippen molar-refractivity contribution in [3.05, 3.63) is 35.4 Å². The lowest BCUT2D eigenvalue weighted by atomic mass is 10.0. The van der Waals surface area contributed by atoms with Crippen molar-refractivity contribution in [2.75, 3.05) is 39.5 Å². The minimum absolute atomic E-state index is 0.00831. The molecule has 0 aromatic heterocycles. The Morgan fingerprint density at radius 1 is 1.25 bits per heavy atom. The van der Waals surface area contributed by atoms with Crippen LogP contribution < -0.4 is 10.6 Å². The number of nitrogens with one attached hydrogen (secondary N) is 2. The Balaban J connectivity index is 1.38. The summed E-state index contributed by atoms with van der Waals surface area (Å²) in [5.41, 5.74) is 0.178. The van der Waals surface area contributed by atoms with E-state index in [1.54, 1.807) is 0 Å². The molecule has 2 aliphatic rings. The van der Waals surface area contributed by atoms with Gasteiger partial charge in [0.15, 0.2) is 5.96 Å². The Bertz CT molecular complexity index is 630. The van der Waals surface area contributed by atoms with Crippen LogP contribution in [0.15, 0.2) is 23.2 Å². The summed E-state index contributed by atoms with van der Waals surface area (Å²) in [4.78, 5) is 4.56. The summed E-state index contributed by atoms with van der Waals surface area (Å²) in [5, 5.41) is 6.48. The van der Waals surface area contributed by atoms with Crippen LogP contribution in [0.2, 0.25) is 0 Å². The summed E-state index contributed by atoms with van der Waals surface area (Å²) in [6.45, 7) is 6.54. The van der Waals surface area contributed by atoms with E-state index in [0.717, 1.165) is 45.6 Å². The molecule has 0 bridgehead atoms. The Morgan fingerprint density at radius 2 is 2.00 bits per heavy atom. The lowest BCUT2D eigenvalue weighted by molar-refractivity contribution is 0.0205. The maximum absolute atomic E-state index is 13.9. The average molecular weight is 395 g/mol. The minimum atomic E-state index is -0.474. The number of rotatable bonds is 9. The van der Waals surface area contributed by atoms with E-state index in [1.807, 2.05) is 6.92 Å². The molecule has 1 aromatic rings. The Labute approximate surface area is 165 Å². The molecule has 3 rings (SSSR count). The van der Waals surface area contributed by atoms with Crippen molar-refractivity contribution in [1.29, 1.82) is 0 Å². The number of halogens is 2. The van der Waals surface area contributed by atoms with E-state index in [4.69, 9.17) is 9.47 Å². The fourth-order valence-electron chi connectivity index (χ4n) is 3.55. The van der Waals surface area contributed by atoms with Crippen molar-refractivity contribution in [2.24, 2.45) is 10.9 Å². The van der Waals surface area contributed by atoms with Crippen LogP contribution >= 0.6 is 0 Å². The predicted molar refractivity (Wildman–Crippen MR) is 106 cm³/mol. The molecule has 0 amide bonds. The van der Waals surface area contributed by atoms with Gasteiger partial charge in [0, 0.05) is 57.0 Å². The van der Waals surface area contributed by atoms with Gasteiger partial charge < -0.3 is 20.1 Å². The van der Waals surface area contributed by atoms with Crippen molar-refractivity contribution in [3.63, 3.8) is 0 Å². The second kappa shape index (κ2) is 10.7. The monoisotopic (exact) mass is 395 g/mol. The molecular weight excluding hydrogens is 364 g/mol. The summed E-state index contributed by atoms with van der Waals surface area (Å²) in [7, 11) is 0. The van der Waals surface area contributed by atoms with Gasteiger partial charge in [-0.25, -0.2) is 8.78 Å². The number of hydrogen-bond donors (Lipinski definition) is 2. The highest BCUT2D eigenvalue weighted by Gasteiger charge is 2.42. The lowest BCUT2D eigenvalue weighted by Crippen LogP contribution is -2.39. The lowest BCUT2D eigenvalue weighted by Gasteiger charge is -2.21. The van der Waals surface area contributed by atoms with Gasteiger partial charge in [-0.15, -0.1) is 0 Å². The molecule has 1 aromatic carbocycles. The quantitative estimate of drug-likeness (QED) is 0.383. The van der Waals surface area contributed by atoms with Crippen molar-refractivity contribution >= 4 is 5.96 Å². The molecule has 0 spiro atoms. The van der Waals surface area contributed by atoms with Gasteiger partial charge in [-0.3, -0.25) is 4.99 Å². The van der Waals surface area contributed by atoms with Crippen LogP contribution in [-0.4, -0.2) is 51.5 Å². The van der Waals surface area contributed by atoms with E-state index < -0.39 is 11.6 Å². The summed E-state index contributed by atoms with van der Waals surface area (Å²) in [6.07, 6.45) is 3.71. The third kappa shape index (κ3) is 6.14. The number of ether oxygens (including phenoxy) is 2. The van der Waals surface area contributed by atoms with Gasteiger partial charge in [-0.05, 0) is 50.7 Å². The van der Waals surface area contributed by atoms with Crippen LogP contribution in [0.25, 0.3) is 0 Å². The number of aliphatic imine (C=N–C) groups is 1.